The second kappa shape index (κ2) is 9.62. The Morgan fingerprint density at radius 3 is 2.72 bits per heavy atom. The maximum atomic E-state index is 13.2. The van der Waals surface area contributed by atoms with Crippen LogP contribution in [0.15, 0.2) is 65.7 Å². The number of benzene rings is 2. The number of carbonyl (C=O) groups is 1. The number of amides is 1. The predicted octanol–water partition coefficient (Wildman–Crippen LogP) is 4.37. The SMILES string of the molecule is O=C(NC1CCOCC1)c1cccc(Cn2ccc3cc(-c4c[nH]nc4C(F)(F)F)ccc3c2=O)c1. The minimum Gasteiger partial charge on any atom is -0.381 e. The molecule has 7 nitrogen and oxygen atoms in total. The number of alkyl halides is 3. The molecule has 0 unspecified atom stereocenters. The Hall–Kier alpha value is -3.92. The Bertz CT molecular complexity index is 1470. The predicted molar refractivity (Wildman–Crippen MR) is 128 cm³/mol. The molecule has 1 saturated heterocycles. The summed E-state index contributed by atoms with van der Waals surface area (Å²) in [4.78, 5) is 25.8. The van der Waals surface area contributed by atoms with Crippen molar-refractivity contribution in [2.45, 2.75) is 31.6 Å². The molecule has 10 heteroatoms. The van der Waals surface area contributed by atoms with Gasteiger partial charge in [-0.3, -0.25) is 14.7 Å². The van der Waals surface area contributed by atoms with Gasteiger partial charge >= 0.3 is 6.18 Å². The van der Waals surface area contributed by atoms with E-state index >= 15 is 0 Å². The largest absolute Gasteiger partial charge is 0.435 e. The summed E-state index contributed by atoms with van der Waals surface area (Å²) < 4.78 is 46.5. The normalized spacial score (nSPS) is 14.8. The number of fused-ring (bicyclic) bond motifs is 1. The second-order valence-electron chi connectivity index (χ2n) is 8.76. The number of hydrogen-bond acceptors (Lipinski definition) is 4. The van der Waals surface area contributed by atoms with E-state index in [0.29, 0.717) is 35.1 Å². The fraction of sp³-hybridized carbons (Fsp3) is 0.269. The van der Waals surface area contributed by atoms with E-state index in [0.717, 1.165) is 18.4 Å². The van der Waals surface area contributed by atoms with Crippen LogP contribution in [0, 0.1) is 0 Å². The summed E-state index contributed by atoms with van der Waals surface area (Å²) in [7, 11) is 0. The smallest absolute Gasteiger partial charge is 0.381 e. The number of aromatic amines is 1. The standard InChI is InChI=1S/C26H23F3N4O3/c27-26(28,29)23-22(14-30-32-23)17-4-5-21-18(13-17)6-9-33(25(21)35)15-16-2-1-3-19(12-16)24(34)31-20-7-10-36-11-8-20/h1-6,9,12-14,20H,7-8,10-11,15H2,(H,30,32)(H,31,34). The van der Waals surface area contributed by atoms with Gasteiger partial charge in [0, 0.05) is 48.2 Å². The summed E-state index contributed by atoms with van der Waals surface area (Å²) in [6, 6.07) is 13.4. The average Bonchev–Trinajstić information content (AvgIpc) is 3.37. The highest BCUT2D eigenvalue weighted by Gasteiger charge is 2.36. The van der Waals surface area contributed by atoms with Crippen molar-refractivity contribution in [3.63, 3.8) is 0 Å². The van der Waals surface area contributed by atoms with Gasteiger partial charge in [-0.25, -0.2) is 0 Å². The van der Waals surface area contributed by atoms with E-state index in [1.54, 1.807) is 36.5 Å². The summed E-state index contributed by atoms with van der Waals surface area (Å²) in [5.74, 6) is -0.167. The molecule has 36 heavy (non-hydrogen) atoms. The Kier molecular flexibility index (Phi) is 6.36. The van der Waals surface area contributed by atoms with Crippen molar-refractivity contribution in [2.24, 2.45) is 0 Å². The molecule has 2 N–H and O–H groups in total. The number of rotatable bonds is 5. The zero-order valence-electron chi connectivity index (χ0n) is 19.1. The van der Waals surface area contributed by atoms with Crippen LogP contribution < -0.4 is 10.9 Å². The van der Waals surface area contributed by atoms with E-state index < -0.39 is 11.9 Å². The van der Waals surface area contributed by atoms with Crippen molar-refractivity contribution in [2.75, 3.05) is 13.2 Å². The van der Waals surface area contributed by atoms with E-state index in [2.05, 4.69) is 15.5 Å². The fourth-order valence-corrected chi connectivity index (χ4v) is 4.42. The lowest BCUT2D eigenvalue weighted by molar-refractivity contribution is -0.140. The zero-order chi connectivity index (χ0) is 25.3. The molecule has 5 rings (SSSR count). The van der Waals surface area contributed by atoms with Crippen LogP contribution in [0.3, 0.4) is 0 Å². The van der Waals surface area contributed by atoms with Crippen LogP contribution in [0.25, 0.3) is 21.9 Å². The highest BCUT2D eigenvalue weighted by atomic mass is 19.4. The molecule has 0 spiro atoms. The van der Waals surface area contributed by atoms with E-state index in [1.807, 2.05) is 6.07 Å². The minimum atomic E-state index is -4.59. The first-order valence-electron chi connectivity index (χ1n) is 11.5. The second-order valence-corrected chi connectivity index (χ2v) is 8.76. The van der Waals surface area contributed by atoms with Crippen LogP contribution in [0.2, 0.25) is 0 Å². The van der Waals surface area contributed by atoms with Crippen molar-refractivity contribution >= 4 is 16.7 Å². The van der Waals surface area contributed by atoms with Gasteiger partial charge in [0.05, 0.1) is 6.54 Å². The number of aromatic nitrogens is 3. The third-order valence-electron chi connectivity index (χ3n) is 6.30. The van der Waals surface area contributed by atoms with Gasteiger partial charge in [0.25, 0.3) is 11.5 Å². The van der Waals surface area contributed by atoms with Gasteiger partial charge in [-0.15, -0.1) is 0 Å². The molecule has 1 fully saturated rings. The van der Waals surface area contributed by atoms with E-state index in [9.17, 15) is 22.8 Å². The van der Waals surface area contributed by atoms with Crippen molar-refractivity contribution in [1.82, 2.24) is 20.1 Å². The quantitative estimate of drug-likeness (QED) is 0.430. The number of nitrogens with one attached hydrogen (secondary N) is 2. The van der Waals surface area contributed by atoms with Gasteiger partial charge in [-0.2, -0.15) is 18.3 Å². The van der Waals surface area contributed by atoms with Crippen molar-refractivity contribution in [3.05, 3.63) is 88.1 Å². The maximum absolute atomic E-state index is 13.2. The number of halogens is 3. The molecule has 1 aliphatic heterocycles. The van der Waals surface area contributed by atoms with Gasteiger partial charge in [0.15, 0.2) is 5.69 Å². The van der Waals surface area contributed by atoms with Gasteiger partial charge in [0.1, 0.15) is 0 Å². The lowest BCUT2D eigenvalue weighted by Gasteiger charge is -2.23. The average molecular weight is 496 g/mol. The van der Waals surface area contributed by atoms with Crippen molar-refractivity contribution in [3.8, 4) is 11.1 Å². The minimum absolute atomic E-state index is 0.0792. The number of hydrogen-bond donors (Lipinski definition) is 2. The summed E-state index contributed by atoms with van der Waals surface area (Å²) >= 11 is 0. The molecule has 0 aliphatic carbocycles. The van der Waals surface area contributed by atoms with Crippen molar-refractivity contribution in [1.29, 1.82) is 0 Å². The van der Waals surface area contributed by atoms with Crippen LogP contribution in [0.5, 0.6) is 0 Å². The number of ether oxygens (including phenoxy) is 1. The Morgan fingerprint density at radius 2 is 1.94 bits per heavy atom. The number of nitrogens with zero attached hydrogens (tertiary/aromatic N) is 2. The van der Waals surface area contributed by atoms with Crippen LogP contribution in [0.4, 0.5) is 13.2 Å². The lowest BCUT2D eigenvalue weighted by Crippen LogP contribution is -2.38. The molecule has 1 amide bonds. The highest BCUT2D eigenvalue weighted by Crippen LogP contribution is 2.36. The van der Waals surface area contributed by atoms with Crippen molar-refractivity contribution < 1.29 is 22.7 Å². The molecule has 3 heterocycles. The first-order valence-corrected chi connectivity index (χ1v) is 11.5. The molecule has 2 aromatic heterocycles. The lowest BCUT2D eigenvalue weighted by atomic mass is 10.0. The first kappa shape index (κ1) is 23.8. The molecule has 0 bridgehead atoms. The molecular formula is C26H23F3N4O3. The summed E-state index contributed by atoms with van der Waals surface area (Å²) in [5, 5.41) is 9.52. The molecule has 0 atom stereocenters. The van der Waals surface area contributed by atoms with Gasteiger partial charge < -0.3 is 14.6 Å². The maximum Gasteiger partial charge on any atom is 0.435 e. The Balaban J connectivity index is 1.38. The molecule has 4 aromatic rings. The molecular weight excluding hydrogens is 473 g/mol. The highest BCUT2D eigenvalue weighted by molar-refractivity contribution is 5.94. The third kappa shape index (κ3) is 4.90. The van der Waals surface area contributed by atoms with Gasteiger partial charge in [-0.05, 0) is 59.7 Å². The monoisotopic (exact) mass is 496 g/mol. The van der Waals surface area contributed by atoms with Gasteiger partial charge in [0.2, 0.25) is 0 Å². The first-order chi connectivity index (χ1) is 17.3. The number of carbonyl (C=O) groups excluding carboxylic acids is 1. The number of H-pyrrole nitrogens is 1. The summed E-state index contributed by atoms with van der Waals surface area (Å²) in [6.07, 6.45) is -0.251. The van der Waals surface area contributed by atoms with E-state index in [1.165, 1.54) is 22.9 Å². The number of pyridine rings is 1. The molecule has 186 valence electrons. The van der Waals surface area contributed by atoms with E-state index in [4.69, 9.17) is 4.74 Å². The summed E-state index contributed by atoms with van der Waals surface area (Å²) in [5.41, 5.74) is 0.239. The topological polar surface area (TPSA) is 89.0 Å². The van der Waals surface area contributed by atoms with Crippen LogP contribution in [0.1, 0.15) is 34.5 Å². The van der Waals surface area contributed by atoms with E-state index in [-0.39, 0.29) is 29.6 Å². The van der Waals surface area contributed by atoms with Crippen LogP contribution in [-0.4, -0.2) is 39.9 Å². The third-order valence-corrected chi connectivity index (χ3v) is 6.30. The molecule has 0 radical (unpaired) electrons. The molecule has 1 aliphatic rings. The summed E-state index contributed by atoms with van der Waals surface area (Å²) in [6.45, 7) is 1.50. The van der Waals surface area contributed by atoms with Crippen LogP contribution in [-0.2, 0) is 17.5 Å². The molecule has 2 aromatic carbocycles. The van der Waals surface area contributed by atoms with Gasteiger partial charge in [-0.1, -0.05) is 18.2 Å². The zero-order valence-corrected chi connectivity index (χ0v) is 19.1. The molecule has 0 saturated carbocycles. The Labute approximate surface area is 203 Å². The fourth-order valence-electron chi connectivity index (χ4n) is 4.42. The Morgan fingerprint density at radius 1 is 1.14 bits per heavy atom. The van der Waals surface area contributed by atoms with Crippen LogP contribution >= 0.6 is 0 Å².